The van der Waals surface area contributed by atoms with Crippen LogP contribution in [0.4, 0.5) is 0 Å². The quantitative estimate of drug-likeness (QED) is 0.706. The molecule has 2 fully saturated rings. The summed E-state index contributed by atoms with van der Waals surface area (Å²) in [7, 11) is 0. The molecule has 0 amide bonds. The molecule has 0 bridgehead atoms. The van der Waals surface area contributed by atoms with Crippen molar-refractivity contribution in [3.05, 3.63) is 35.4 Å². The lowest BCUT2D eigenvalue weighted by Crippen LogP contribution is -2.42. The third-order valence-corrected chi connectivity index (χ3v) is 5.89. The Morgan fingerprint density at radius 2 is 1.35 bits per heavy atom. The van der Waals surface area contributed by atoms with Crippen LogP contribution in [0.2, 0.25) is 0 Å². The van der Waals surface area contributed by atoms with Crippen LogP contribution in [0.1, 0.15) is 62.5 Å². The predicted molar refractivity (Wildman–Crippen MR) is 110 cm³/mol. The highest BCUT2D eigenvalue weighted by Crippen LogP contribution is 2.15. The molecule has 2 heterocycles. The molecule has 0 saturated carbocycles. The van der Waals surface area contributed by atoms with Gasteiger partial charge in [-0.3, -0.25) is 0 Å². The normalized spacial score (nSPS) is 20.8. The molecule has 2 saturated heterocycles. The SMILES string of the molecule is Cc1cccc(COC(CN2CCCCCC2)CN2CCCCCC2)c1. The molecule has 0 aliphatic carbocycles. The molecular weight excluding hydrogens is 320 g/mol. The number of benzene rings is 1. The van der Waals surface area contributed by atoms with Crippen LogP contribution >= 0.6 is 0 Å². The van der Waals surface area contributed by atoms with Crippen LogP contribution in [-0.2, 0) is 11.3 Å². The summed E-state index contributed by atoms with van der Waals surface area (Å²) in [4.78, 5) is 5.32. The zero-order valence-electron chi connectivity index (χ0n) is 16.8. The zero-order chi connectivity index (χ0) is 18.0. The van der Waals surface area contributed by atoms with Crippen LogP contribution in [0, 0.1) is 6.92 Å². The van der Waals surface area contributed by atoms with Crippen LogP contribution in [0.15, 0.2) is 24.3 Å². The van der Waals surface area contributed by atoms with E-state index in [-0.39, 0.29) is 0 Å². The minimum absolute atomic E-state index is 0.326. The van der Waals surface area contributed by atoms with Gasteiger partial charge in [-0.2, -0.15) is 0 Å². The number of hydrogen-bond acceptors (Lipinski definition) is 3. The molecule has 0 atom stereocenters. The lowest BCUT2D eigenvalue weighted by molar-refractivity contribution is -0.00517. The fourth-order valence-electron chi connectivity index (χ4n) is 4.39. The van der Waals surface area contributed by atoms with E-state index in [2.05, 4.69) is 41.0 Å². The van der Waals surface area contributed by atoms with Crippen molar-refractivity contribution in [2.24, 2.45) is 0 Å². The molecule has 0 N–H and O–H groups in total. The molecule has 0 aromatic heterocycles. The molecule has 26 heavy (non-hydrogen) atoms. The number of hydrogen-bond donors (Lipinski definition) is 0. The highest BCUT2D eigenvalue weighted by atomic mass is 16.5. The number of likely N-dealkylation sites (tertiary alicyclic amines) is 2. The Labute approximate surface area is 160 Å². The van der Waals surface area contributed by atoms with E-state index in [1.807, 2.05) is 0 Å². The standard InChI is InChI=1S/C23H38N2O/c1-21-11-10-12-22(17-21)20-26-23(18-24-13-6-2-3-7-14-24)19-25-15-8-4-5-9-16-25/h10-12,17,23H,2-9,13-16,18-20H2,1H3. The molecule has 0 radical (unpaired) electrons. The molecule has 3 nitrogen and oxygen atoms in total. The summed E-state index contributed by atoms with van der Waals surface area (Å²) in [5.74, 6) is 0. The van der Waals surface area contributed by atoms with Crippen molar-refractivity contribution < 1.29 is 4.74 Å². The molecule has 2 aliphatic heterocycles. The van der Waals surface area contributed by atoms with Crippen LogP contribution < -0.4 is 0 Å². The molecule has 2 aliphatic rings. The molecule has 3 heteroatoms. The number of ether oxygens (including phenoxy) is 1. The van der Waals surface area contributed by atoms with Gasteiger partial charge in [0.2, 0.25) is 0 Å². The van der Waals surface area contributed by atoms with E-state index in [9.17, 15) is 0 Å². The zero-order valence-corrected chi connectivity index (χ0v) is 16.8. The average molecular weight is 359 g/mol. The van der Waals surface area contributed by atoms with Gasteiger partial charge in [0.05, 0.1) is 12.7 Å². The highest BCUT2D eigenvalue weighted by molar-refractivity contribution is 5.21. The molecule has 146 valence electrons. The van der Waals surface area contributed by atoms with E-state index in [0.29, 0.717) is 6.10 Å². The molecule has 1 aromatic rings. The second kappa shape index (κ2) is 11.1. The van der Waals surface area contributed by atoms with E-state index in [0.717, 1.165) is 19.7 Å². The highest BCUT2D eigenvalue weighted by Gasteiger charge is 2.20. The number of nitrogens with zero attached hydrogens (tertiary/aromatic N) is 2. The first-order chi connectivity index (χ1) is 12.8. The van der Waals surface area contributed by atoms with Crippen molar-refractivity contribution in [2.75, 3.05) is 39.3 Å². The molecule has 3 rings (SSSR count). The van der Waals surface area contributed by atoms with Crippen molar-refractivity contribution in [1.29, 1.82) is 0 Å². The van der Waals surface area contributed by atoms with Crippen molar-refractivity contribution in [3.63, 3.8) is 0 Å². The van der Waals surface area contributed by atoms with E-state index in [1.54, 1.807) is 0 Å². The summed E-state index contributed by atoms with van der Waals surface area (Å²) in [6, 6.07) is 8.76. The van der Waals surface area contributed by atoms with Crippen molar-refractivity contribution >= 4 is 0 Å². The summed E-state index contributed by atoms with van der Waals surface area (Å²) in [5, 5.41) is 0. The lowest BCUT2D eigenvalue weighted by Gasteiger charge is -2.31. The van der Waals surface area contributed by atoms with E-state index < -0.39 is 0 Å². The molecular formula is C23H38N2O. The van der Waals surface area contributed by atoms with Crippen LogP contribution in [0.25, 0.3) is 0 Å². The van der Waals surface area contributed by atoms with E-state index in [1.165, 1.54) is 88.7 Å². The van der Waals surface area contributed by atoms with Crippen LogP contribution in [-0.4, -0.2) is 55.2 Å². The molecule has 1 aromatic carbocycles. The monoisotopic (exact) mass is 358 g/mol. The summed E-state index contributed by atoms with van der Waals surface area (Å²) in [5.41, 5.74) is 2.63. The van der Waals surface area contributed by atoms with E-state index >= 15 is 0 Å². The number of aryl methyl sites for hydroxylation is 1. The van der Waals surface area contributed by atoms with Crippen molar-refractivity contribution in [2.45, 2.75) is 71.0 Å². The van der Waals surface area contributed by atoms with Gasteiger partial charge in [0, 0.05) is 13.1 Å². The molecule has 0 spiro atoms. The third-order valence-electron chi connectivity index (χ3n) is 5.89. The van der Waals surface area contributed by atoms with Gasteiger partial charge in [-0.05, 0) is 64.3 Å². The summed E-state index contributed by atoms with van der Waals surface area (Å²) in [6.45, 7) is 10.1. The summed E-state index contributed by atoms with van der Waals surface area (Å²) >= 11 is 0. The number of rotatable bonds is 7. The largest absolute Gasteiger partial charge is 0.371 e. The molecule has 0 unspecified atom stereocenters. The van der Waals surface area contributed by atoms with Gasteiger partial charge in [0.25, 0.3) is 0 Å². The second-order valence-electron chi connectivity index (χ2n) is 8.35. The smallest absolute Gasteiger partial charge is 0.0833 e. The maximum atomic E-state index is 6.49. The van der Waals surface area contributed by atoms with Gasteiger partial charge >= 0.3 is 0 Å². The maximum absolute atomic E-state index is 6.49. The Morgan fingerprint density at radius 3 is 1.85 bits per heavy atom. The van der Waals surface area contributed by atoms with Gasteiger partial charge in [0.15, 0.2) is 0 Å². The Bertz CT molecular complexity index is 481. The van der Waals surface area contributed by atoms with Crippen molar-refractivity contribution in [1.82, 2.24) is 9.80 Å². The predicted octanol–water partition coefficient (Wildman–Crippen LogP) is 4.63. The first-order valence-corrected chi connectivity index (χ1v) is 10.9. The summed E-state index contributed by atoms with van der Waals surface area (Å²) in [6.07, 6.45) is 11.3. The Kier molecular flexibility index (Phi) is 8.44. The van der Waals surface area contributed by atoms with Crippen LogP contribution in [0.5, 0.6) is 0 Å². The maximum Gasteiger partial charge on any atom is 0.0833 e. The Hall–Kier alpha value is -0.900. The Balaban J connectivity index is 1.57. The van der Waals surface area contributed by atoms with Gasteiger partial charge in [-0.1, -0.05) is 55.5 Å². The fourth-order valence-corrected chi connectivity index (χ4v) is 4.39. The van der Waals surface area contributed by atoms with Gasteiger partial charge in [-0.25, -0.2) is 0 Å². The average Bonchev–Trinajstić information content (AvgIpc) is 3.05. The van der Waals surface area contributed by atoms with Crippen molar-refractivity contribution in [3.8, 4) is 0 Å². The second-order valence-corrected chi connectivity index (χ2v) is 8.35. The van der Waals surface area contributed by atoms with E-state index in [4.69, 9.17) is 4.74 Å². The third kappa shape index (κ3) is 7.02. The van der Waals surface area contributed by atoms with Gasteiger partial charge in [0.1, 0.15) is 0 Å². The fraction of sp³-hybridized carbons (Fsp3) is 0.739. The van der Waals surface area contributed by atoms with Gasteiger partial charge in [-0.15, -0.1) is 0 Å². The first kappa shape index (κ1) is 19.9. The lowest BCUT2D eigenvalue weighted by atomic mass is 10.1. The van der Waals surface area contributed by atoms with Crippen LogP contribution in [0.3, 0.4) is 0 Å². The first-order valence-electron chi connectivity index (χ1n) is 10.9. The Morgan fingerprint density at radius 1 is 0.808 bits per heavy atom. The summed E-state index contributed by atoms with van der Waals surface area (Å²) < 4.78 is 6.49. The minimum atomic E-state index is 0.326. The topological polar surface area (TPSA) is 15.7 Å². The van der Waals surface area contributed by atoms with Gasteiger partial charge < -0.3 is 14.5 Å². The minimum Gasteiger partial charge on any atom is -0.371 e.